The van der Waals surface area contributed by atoms with Crippen LogP contribution in [0.4, 0.5) is 5.69 Å². The molecule has 1 saturated carbocycles. The predicted molar refractivity (Wildman–Crippen MR) is 158 cm³/mol. The van der Waals surface area contributed by atoms with Gasteiger partial charge >= 0.3 is 0 Å². The maximum atomic E-state index is 13.2. The largest absolute Gasteiger partial charge is 0.490 e. The second kappa shape index (κ2) is 10.5. The van der Waals surface area contributed by atoms with E-state index in [9.17, 15) is 13.8 Å². The Labute approximate surface area is 236 Å². The molecule has 8 heteroatoms. The number of fused-ring (bicyclic) bond motifs is 4. The van der Waals surface area contributed by atoms with Crippen LogP contribution < -0.4 is 14.4 Å². The molecular weight excluding hydrogens is 532 g/mol. The molecule has 1 N–H and O–H groups in total. The first kappa shape index (κ1) is 26.7. The molecule has 1 spiro atoms. The summed E-state index contributed by atoms with van der Waals surface area (Å²) in [7, 11) is -2.77. The third kappa shape index (κ3) is 5.32. The lowest BCUT2D eigenvalue weighted by atomic mass is 9.68. The van der Waals surface area contributed by atoms with Gasteiger partial charge in [-0.25, -0.2) is 4.21 Å². The molecule has 0 aromatic heterocycles. The van der Waals surface area contributed by atoms with Crippen LogP contribution in [0.15, 0.2) is 36.4 Å². The van der Waals surface area contributed by atoms with Gasteiger partial charge in [0.25, 0.3) is 5.91 Å². The fraction of sp³-hybridized carbons (Fsp3) is 0.516. The normalized spacial score (nSPS) is 31.3. The first-order chi connectivity index (χ1) is 18.7. The molecule has 1 fully saturated rings. The molecule has 2 bridgehead atoms. The quantitative estimate of drug-likeness (QED) is 0.434. The third-order valence-corrected chi connectivity index (χ3v) is 11.0. The minimum absolute atomic E-state index is 0.0856. The number of ether oxygens (including phenoxy) is 1. The van der Waals surface area contributed by atoms with E-state index in [-0.39, 0.29) is 23.2 Å². The molecule has 4 atom stereocenters. The number of nitrogens with zero attached hydrogens (tertiary/aromatic N) is 1. The summed E-state index contributed by atoms with van der Waals surface area (Å²) >= 11 is 6.38. The molecule has 0 saturated heterocycles. The smallest absolute Gasteiger partial charge is 0.262 e. The Kier molecular flexibility index (Phi) is 7.17. The summed E-state index contributed by atoms with van der Waals surface area (Å²) in [6, 6.07) is 11.7. The molecule has 39 heavy (non-hydrogen) atoms. The number of rotatable bonds is 0. The maximum Gasteiger partial charge on any atom is 0.262 e. The van der Waals surface area contributed by atoms with E-state index in [0.29, 0.717) is 36.5 Å². The highest BCUT2D eigenvalue weighted by atomic mass is 35.5. The summed E-state index contributed by atoms with van der Waals surface area (Å²) in [5.74, 6) is 5.22. The van der Waals surface area contributed by atoms with Gasteiger partial charge in [0.1, 0.15) is 11.5 Å². The molecule has 2 heterocycles. The van der Waals surface area contributed by atoms with Crippen LogP contribution in [0.3, 0.4) is 0 Å². The zero-order valence-electron chi connectivity index (χ0n) is 22.4. The number of anilines is 1. The summed E-state index contributed by atoms with van der Waals surface area (Å²) < 4.78 is 22.2. The lowest BCUT2D eigenvalue weighted by molar-refractivity contribution is -0.127. The Hall–Kier alpha value is -2.51. The van der Waals surface area contributed by atoms with Gasteiger partial charge in [-0.3, -0.25) is 14.3 Å². The lowest BCUT2D eigenvalue weighted by Crippen LogP contribution is -2.49. The zero-order chi connectivity index (χ0) is 27.2. The number of carbonyl (C=O) groups is 2. The molecule has 2 aliphatic heterocycles. The van der Waals surface area contributed by atoms with Crippen molar-refractivity contribution in [3.8, 4) is 5.75 Å². The number of Topliss-reactive ketones (excluding diaryl/α,β-unsaturated/α-hetero) is 1. The Morgan fingerprint density at radius 3 is 2.74 bits per heavy atom. The topological polar surface area (TPSA) is 75.7 Å². The van der Waals surface area contributed by atoms with Crippen molar-refractivity contribution in [2.75, 3.05) is 30.3 Å². The zero-order valence-corrected chi connectivity index (χ0v) is 24.0. The molecule has 2 aromatic rings. The molecular formula is C31H37ClN2O4S. The molecule has 6 rings (SSSR count). The van der Waals surface area contributed by atoms with E-state index >= 15 is 0 Å². The van der Waals surface area contributed by atoms with Crippen LogP contribution in [0.2, 0.25) is 5.02 Å². The Bertz CT molecular complexity index is 1410. The van der Waals surface area contributed by atoms with Gasteiger partial charge in [0.05, 0.1) is 12.3 Å². The average Bonchev–Trinajstić information content (AvgIpc) is 3.02. The summed E-state index contributed by atoms with van der Waals surface area (Å²) in [5.41, 5.74) is 3.65. The van der Waals surface area contributed by atoms with Gasteiger partial charge in [-0.1, -0.05) is 24.1 Å². The molecule has 208 valence electrons. The number of nitrogens with one attached hydrogen (secondary N) is 1. The second-order valence-corrected chi connectivity index (χ2v) is 14.6. The first-order valence-corrected chi connectivity index (χ1v) is 16.5. The first-order valence-electron chi connectivity index (χ1n) is 14.2. The summed E-state index contributed by atoms with van der Waals surface area (Å²) in [6.07, 6.45) is 7.85. The summed E-state index contributed by atoms with van der Waals surface area (Å²) in [5, 5.41) is 0.752. The van der Waals surface area contributed by atoms with E-state index in [1.807, 2.05) is 18.2 Å². The van der Waals surface area contributed by atoms with Crippen molar-refractivity contribution < 1.29 is 18.5 Å². The van der Waals surface area contributed by atoms with Crippen molar-refractivity contribution in [1.82, 2.24) is 4.72 Å². The minimum atomic E-state index is -2.77. The van der Waals surface area contributed by atoms with E-state index < -0.39 is 9.71 Å². The number of carbonyl (C=O) groups excluding carboxylic acids is 2. The highest BCUT2D eigenvalue weighted by Gasteiger charge is 2.44. The van der Waals surface area contributed by atoms with Gasteiger partial charge in [-0.05, 0) is 98.2 Å². The van der Waals surface area contributed by atoms with E-state index in [1.165, 1.54) is 11.1 Å². The highest BCUT2D eigenvalue weighted by Crippen LogP contribution is 2.46. The predicted octanol–water partition coefficient (Wildman–Crippen LogP) is 5.34. The van der Waals surface area contributed by atoms with Crippen molar-refractivity contribution in [3.63, 3.8) is 0 Å². The van der Waals surface area contributed by atoms with Gasteiger partial charge in [0, 0.05) is 56.9 Å². The molecule has 0 radical (unpaired) electrons. The fourth-order valence-corrected chi connectivity index (χ4v) is 8.45. The van der Waals surface area contributed by atoms with Crippen molar-refractivity contribution in [1.29, 1.82) is 0 Å². The summed E-state index contributed by atoms with van der Waals surface area (Å²) in [4.78, 5) is 28.7. The van der Waals surface area contributed by atoms with E-state index in [2.05, 4.69) is 27.6 Å². The molecule has 6 nitrogen and oxygen atoms in total. The van der Waals surface area contributed by atoms with Crippen LogP contribution in [0.1, 0.15) is 72.9 Å². The van der Waals surface area contributed by atoms with Gasteiger partial charge in [0.2, 0.25) is 0 Å². The number of amides is 1. The van der Waals surface area contributed by atoms with Crippen molar-refractivity contribution in [3.05, 3.63) is 58.1 Å². The number of hydrogen-bond acceptors (Lipinski definition) is 5. The number of halogens is 1. The summed E-state index contributed by atoms with van der Waals surface area (Å²) in [6.45, 7) is 2.02. The molecule has 4 aliphatic rings. The standard InChI is InChI=1S/C31H37ClN2O4S/c1-39(37)15-4-2-3-7-28(35)25-11-8-23(25)18-34-19-31(14-5-6-21-16-24(32)10-12-26(21)31)20-38-29-13-9-22(17-27(29)34)30(36)33-39/h9-10,12-13,16-17,23,25H,1-8,11,14-15,18-20H2,(H,33,36,37)/t23-,25+,31-,39?/m0/s1. The van der Waals surface area contributed by atoms with Gasteiger partial charge in [-0.2, -0.15) is 0 Å². The Morgan fingerprint density at radius 1 is 1.05 bits per heavy atom. The lowest BCUT2D eigenvalue weighted by Gasteiger charge is -2.44. The Morgan fingerprint density at radius 2 is 1.92 bits per heavy atom. The van der Waals surface area contributed by atoms with Crippen molar-refractivity contribution >= 4 is 44.6 Å². The minimum Gasteiger partial charge on any atom is -0.490 e. The Balaban J connectivity index is 1.41. The van der Waals surface area contributed by atoms with Crippen molar-refractivity contribution in [2.45, 2.75) is 63.2 Å². The van der Waals surface area contributed by atoms with Gasteiger partial charge < -0.3 is 9.64 Å². The monoisotopic (exact) mass is 568 g/mol. The number of ketones is 1. The number of aryl methyl sites for hydroxylation is 1. The number of benzene rings is 2. The molecule has 2 aliphatic carbocycles. The van der Waals surface area contributed by atoms with Crippen LogP contribution in [0.5, 0.6) is 5.75 Å². The van der Waals surface area contributed by atoms with Crippen LogP contribution >= 0.6 is 11.6 Å². The van der Waals surface area contributed by atoms with E-state index in [0.717, 1.165) is 74.5 Å². The second-order valence-electron chi connectivity index (χ2n) is 12.0. The molecule has 1 amide bonds. The van der Waals surface area contributed by atoms with Crippen LogP contribution in [-0.2, 0) is 26.3 Å². The molecule has 1 unspecified atom stereocenters. The van der Waals surface area contributed by atoms with Crippen LogP contribution in [0, 0.1) is 11.8 Å². The number of hydrogen-bond donors (Lipinski definition) is 1. The highest BCUT2D eigenvalue weighted by molar-refractivity contribution is 7.99. The third-order valence-electron chi connectivity index (χ3n) is 9.26. The average molecular weight is 569 g/mol. The van der Waals surface area contributed by atoms with Crippen LogP contribution in [-0.4, -0.2) is 47.2 Å². The SMILES string of the molecule is C=S1(=O)CCCCCC(=O)[C@@H]2CC[C@H]2CN2C[C@@]3(CCCc4cc(Cl)ccc43)COc3ccc(cc32)C(=O)N1. The van der Waals surface area contributed by atoms with E-state index in [1.54, 1.807) is 6.07 Å². The van der Waals surface area contributed by atoms with E-state index in [4.69, 9.17) is 16.3 Å². The van der Waals surface area contributed by atoms with Crippen LogP contribution in [0.25, 0.3) is 0 Å². The van der Waals surface area contributed by atoms with Gasteiger partial charge in [0.15, 0.2) is 0 Å². The molecule has 2 aromatic carbocycles. The maximum absolute atomic E-state index is 13.2. The van der Waals surface area contributed by atoms with Gasteiger partial charge in [-0.15, -0.1) is 0 Å². The fourth-order valence-electron chi connectivity index (χ4n) is 7.03. The van der Waals surface area contributed by atoms with Crippen molar-refractivity contribution in [2.24, 2.45) is 11.8 Å².